The zero-order chi connectivity index (χ0) is 28.9. The second-order valence-electron chi connectivity index (χ2n) is 13.0. The average Bonchev–Trinajstić information content (AvgIpc) is 2.98. The molecule has 0 fully saturated rings. The molecule has 3 aromatic rings. The molecule has 0 heteroatoms. The summed E-state index contributed by atoms with van der Waals surface area (Å²) in [7, 11) is 0. The van der Waals surface area contributed by atoms with Crippen LogP contribution in [0.15, 0.2) is 72.8 Å². The summed E-state index contributed by atoms with van der Waals surface area (Å²) in [5.41, 5.74) is 9.00. The Morgan fingerprint density at radius 2 is 1.20 bits per heavy atom. The molecule has 0 aliphatic rings. The minimum absolute atomic E-state index is 0.656. The molecule has 0 aromatic heterocycles. The van der Waals surface area contributed by atoms with Gasteiger partial charge in [0.15, 0.2) is 0 Å². The van der Waals surface area contributed by atoms with Crippen molar-refractivity contribution in [3.8, 4) is 0 Å². The Hall–Kier alpha value is -2.34. The smallest absolute Gasteiger partial charge is 0.0190 e. The van der Waals surface area contributed by atoms with Gasteiger partial charge in [-0.05, 0) is 122 Å². The Kier molecular flexibility index (Phi) is 13.5. The lowest BCUT2D eigenvalue weighted by Gasteiger charge is -2.33. The van der Waals surface area contributed by atoms with E-state index in [9.17, 15) is 0 Å². The van der Waals surface area contributed by atoms with Crippen LogP contribution in [0.2, 0.25) is 0 Å². The summed E-state index contributed by atoms with van der Waals surface area (Å²) in [6.07, 6.45) is 12.9. The van der Waals surface area contributed by atoms with Gasteiger partial charge in [-0.2, -0.15) is 0 Å². The summed E-state index contributed by atoms with van der Waals surface area (Å²) in [6.45, 7) is 16.9. The van der Waals surface area contributed by atoms with Crippen molar-refractivity contribution in [1.29, 1.82) is 0 Å². The third-order valence-corrected chi connectivity index (χ3v) is 10.3. The van der Waals surface area contributed by atoms with E-state index in [1.165, 1.54) is 85.6 Å². The van der Waals surface area contributed by atoms with Crippen LogP contribution in [0, 0.1) is 37.5 Å². The van der Waals surface area contributed by atoms with Gasteiger partial charge in [-0.25, -0.2) is 0 Å². The van der Waals surface area contributed by atoms with Crippen molar-refractivity contribution >= 4 is 0 Å². The van der Waals surface area contributed by atoms with Crippen molar-refractivity contribution in [2.75, 3.05) is 0 Å². The molecular weight excluding hydrogens is 480 g/mol. The first kappa shape index (κ1) is 32.2. The number of hydrogen-bond donors (Lipinski definition) is 0. The first-order chi connectivity index (χ1) is 19.3. The van der Waals surface area contributed by atoms with Crippen LogP contribution in [-0.2, 0) is 19.3 Å². The lowest BCUT2D eigenvalue weighted by atomic mass is 9.72. The second-order valence-corrected chi connectivity index (χ2v) is 13.0. The third kappa shape index (κ3) is 9.94. The Bertz CT molecular complexity index is 1100. The van der Waals surface area contributed by atoms with Crippen molar-refractivity contribution in [3.05, 3.63) is 106 Å². The molecule has 0 spiro atoms. The molecule has 0 saturated heterocycles. The fourth-order valence-corrected chi connectivity index (χ4v) is 6.79. The third-order valence-electron chi connectivity index (χ3n) is 10.3. The summed E-state index contributed by atoms with van der Waals surface area (Å²) in [6, 6.07) is 27.1. The molecule has 0 saturated carbocycles. The maximum absolute atomic E-state index is 2.56. The highest BCUT2D eigenvalue weighted by Crippen LogP contribution is 2.35. The highest BCUT2D eigenvalue weighted by molar-refractivity contribution is 5.39. The Morgan fingerprint density at radius 3 is 1.82 bits per heavy atom. The molecule has 0 aliphatic carbocycles. The minimum atomic E-state index is 0.656. The Morgan fingerprint density at radius 1 is 0.600 bits per heavy atom. The molecule has 0 heterocycles. The molecule has 3 aromatic carbocycles. The van der Waals surface area contributed by atoms with Gasteiger partial charge in [0, 0.05) is 0 Å². The number of unbranched alkanes of at least 4 members (excludes halogenated alkanes) is 1. The Labute approximate surface area is 248 Å². The fourth-order valence-electron chi connectivity index (χ4n) is 6.79. The first-order valence-electron chi connectivity index (χ1n) is 16.5. The highest BCUT2D eigenvalue weighted by atomic mass is 14.3. The molecular formula is C40H58. The summed E-state index contributed by atoms with van der Waals surface area (Å²) < 4.78 is 0. The number of benzene rings is 3. The van der Waals surface area contributed by atoms with Gasteiger partial charge in [-0.15, -0.1) is 0 Å². The van der Waals surface area contributed by atoms with Crippen LogP contribution in [0.25, 0.3) is 0 Å². The number of aryl methyl sites for hydroxylation is 4. The molecule has 0 aliphatic heterocycles. The van der Waals surface area contributed by atoms with E-state index in [1.54, 1.807) is 5.56 Å². The van der Waals surface area contributed by atoms with Gasteiger partial charge in [0.1, 0.15) is 0 Å². The van der Waals surface area contributed by atoms with Gasteiger partial charge in [0.2, 0.25) is 0 Å². The summed E-state index contributed by atoms with van der Waals surface area (Å²) in [4.78, 5) is 0. The molecule has 0 radical (unpaired) electrons. The molecule has 0 bridgehead atoms. The predicted molar refractivity (Wildman–Crippen MR) is 177 cm³/mol. The standard InChI is InChI=1S/C40H58/c1-8-38-29-40(28-32(4)34(38)6)31(3)19-16-15-18-30(2)33(5)35(7)39(27-26-37-22-13-10-14-23-37)25-17-24-36-20-11-9-12-21-36/h9-14,20-23,28-31,33,35,39H,8,15-19,24-27H2,1-7H3. The molecule has 0 amide bonds. The monoisotopic (exact) mass is 538 g/mol. The molecule has 40 heavy (non-hydrogen) atoms. The van der Waals surface area contributed by atoms with E-state index in [4.69, 9.17) is 0 Å². The molecule has 5 atom stereocenters. The summed E-state index contributed by atoms with van der Waals surface area (Å²) in [5, 5.41) is 0. The number of hydrogen-bond acceptors (Lipinski definition) is 0. The van der Waals surface area contributed by atoms with Gasteiger partial charge in [-0.1, -0.05) is 127 Å². The van der Waals surface area contributed by atoms with Crippen molar-refractivity contribution in [2.45, 2.75) is 119 Å². The van der Waals surface area contributed by atoms with Crippen molar-refractivity contribution in [1.82, 2.24) is 0 Å². The van der Waals surface area contributed by atoms with E-state index in [0.29, 0.717) is 5.92 Å². The molecule has 0 nitrogen and oxygen atoms in total. The zero-order valence-electron chi connectivity index (χ0n) is 26.9. The minimum Gasteiger partial charge on any atom is -0.0622 e. The summed E-state index contributed by atoms with van der Waals surface area (Å²) in [5.74, 6) is 3.76. The lowest BCUT2D eigenvalue weighted by molar-refractivity contribution is 0.174. The van der Waals surface area contributed by atoms with E-state index in [0.717, 1.165) is 30.1 Å². The molecule has 218 valence electrons. The predicted octanol–water partition coefficient (Wildman–Crippen LogP) is 11.7. The van der Waals surface area contributed by atoms with Crippen LogP contribution in [0.4, 0.5) is 0 Å². The molecule has 0 N–H and O–H groups in total. The lowest BCUT2D eigenvalue weighted by Crippen LogP contribution is -2.25. The highest BCUT2D eigenvalue weighted by Gasteiger charge is 2.26. The van der Waals surface area contributed by atoms with E-state index < -0.39 is 0 Å². The van der Waals surface area contributed by atoms with Crippen molar-refractivity contribution in [2.24, 2.45) is 23.7 Å². The largest absolute Gasteiger partial charge is 0.0622 e. The molecule has 3 rings (SSSR count). The van der Waals surface area contributed by atoms with Gasteiger partial charge in [-0.3, -0.25) is 0 Å². The number of rotatable bonds is 17. The van der Waals surface area contributed by atoms with Crippen molar-refractivity contribution in [3.63, 3.8) is 0 Å². The van der Waals surface area contributed by atoms with Crippen LogP contribution in [-0.4, -0.2) is 0 Å². The van der Waals surface area contributed by atoms with E-state index in [2.05, 4.69) is 121 Å². The van der Waals surface area contributed by atoms with E-state index >= 15 is 0 Å². The average molecular weight is 539 g/mol. The van der Waals surface area contributed by atoms with E-state index in [-0.39, 0.29) is 0 Å². The quantitative estimate of drug-likeness (QED) is 0.150. The van der Waals surface area contributed by atoms with Crippen molar-refractivity contribution < 1.29 is 0 Å². The van der Waals surface area contributed by atoms with Crippen LogP contribution >= 0.6 is 0 Å². The van der Waals surface area contributed by atoms with Gasteiger partial charge >= 0.3 is 0 Å². The molecule has 5 unspecified atom stereocenters. The first-order valence-corrected chi connectivity index (χ1v) is 16.5. The zero-order valence-corrected chi connectivity index (χ0v) is 26.9. The normalized spacial score (nSPS) is 15.4. The Balaban J connectivity index is 1.50. The van der Waals surface area contributed by atoms with Gasteiger partial charge in [0.25, 0.3) is 0 Å². The van der Waals surface area contributed by atoms with Crippen LogP contribution in [0.1, 0.15) is 119 Å². The van der Waals surface area contributed by atoms with E-state index in [1.807, 2.05) is 0 Å². The second kappa shape index (κ2) is 16.8. The maximum Gasteiger partial charge on any atom is -0.0190 e. The van der Waals surface area contributed by atoms with Gasteiger partial charge < -0.3 is 0 Å². The SMILES string of the molecule is CCc1cc(C(C)CCCCC(C)C(C)C(C)C(CCCc2ccccc2)CCc2ccccc2)cc(C)c1C. The van der Waals surface area contributed by atoms with Crippen LogP contribution < -0.4 is 0 Å². The fraction of sp³-hybridized carbons (Fsp3) is 0.550. The topological polar surface area (TPSA) is 0 Å². The van der Waals surface area contributed by atoms with Gasteiger partial charge in [0.05, 0.1) is 0 Å². The van der Waals surface area contributed by atoms with Crippen LogP contribution in [0.3, 0.4) is 0 Å². The summed E-state index contributed by atoms with van der Waals surface area (Å²) >= 11 is 0. The van der Waals surface area contributed by atoms with Crippen LogP contribution in [0.5, 0.6) is 0 Å². The maximum atomic E-state index is 2.56.